The number of nitrogens with zero attached hydrogens (tertiary/aromatic N) is 2. The second-order valence-electron chi connectivity index (χ2n) is 4.91. The van der Waals surface area contributed by atoms with Crippen molar-refractivity contribution in [3.8, 4) is 0 Å². The molecule has 0 amide bonds. The number of hydrogen-bond acceptors (Lipinski definition) is 4. The SMILES string of the molecule is Cc1nc(CN(C2CC2)C2CCNC2)cs1.Cl. The average Bonchev–Trinajstić information content (AvgIpc) is 2.80. The lowest BCUT2D eigenvalue weighted by Gasteiger charge is -2.27. The molecule has 1 saturated carbocycles. The molecular formula is C12H20ClN3S. The van der Waals surface area contributed by atoms with E-state index in [0.717, 1.165) is 18.6 Å². The van der Waals surface area contributed by atoms with Crippen molar-refractivity contribution < 1.29 is 0 Å². The minimum atomic E-state index is 0. The zero-order chi connectivity index (χ0) is 11.0. The van der Waals surface area contributed by atoms with Gasteiger partial charge in [-0.05, 0) is 32.7 Å². The van der Waals surface area contributed by atoms with Crippen molar-refractivity contribution in [1.29, 1.82) is 0 Å². The van der Waals surface area contributed by atoms with Crippen LogP contribution in [0.25, 0.3) is 0 Å². The van der Waals surface area contributed by atoms with Crippen molar-refractivity contribution in [2.45, 2.75) is 44.8 Å². The Morgan fingerprint density at radius 3 is 2.76 bits per heavy atom. The van der Waals surface area contributed by atoms with Crippen LogP contribution in [0.5, 0.6) is 0 Å². The molecule has 1 aromatic heterocycles. The van der Waals surface area contributed by atoms with Crippen LogP contribution in [-0.2, 0) is 6.54 Å². The maximum absolute atomic E-state index is 4.59. The molecule has 0 bridgehead atoms. The number of nitrogens with one attached hydrogen (secondary N) is 1. The van der Waals surface area contributed by atoms with E-state index in [2.05, 4.69) is 27.5 Å². The number of halogens is 1. The van der Waals surface area contributed by atoms with Gasteiger partial charge in [-0.2, -0.15) is 0 Å². The predicted octanol–water partition coefficient (Wildman–Crippen LogP) is 2.20. The van der Waals surface area contributed by atoms with Gasteiger partial charge in [-0.1, -0.05) is 0 Å². The summed E-state index contributed by atoms with van der Waals surface area (Å²) in [7, 11) is 0. The molecule has 3 nitrogen and oxygen atoms in total. The first kappa shape index (κ1) is 13.3. The number of thiazole rings is 1. The van der Waals surface area contributed by atoms with Gasteiger partial charge in [0.15, 0.2) is 0 Å². The summed E-state index contributed by atoms with van der Waals surface area (Å²) in [4.78, 5) is 7.26. The molecule has 5 heteroatoms. The Kier molecular flexibility index (Phi) is 4.42. The Morgan fingerprint density at radius 1 is 1.41 bits per heavy atom. The first-order valence-corrected chi connectivity index (χ1v) is 7.08. The minimum Gasteiger partial charge on any atom is -0.315 e. The third-order valence-corrected chi connectivity index (χ3v) is 4.35. The molecule has 2 aliphatic rings. The van der Waals surface area contributed by atoms with Crippen LogP contribution < -0.4 is 5.32 Å². The molecule has 1 unspecified atom stereocenters. The quantitative estimate of drug-likeness (QED) is 0.912. The van der Waals surface area contributed by atoms with E-state index in [0.29, 0.717) is 0 Å². The Balaban J connectivity index is 0.00000108. The van der Waals surface area contributed by atoms with Gasteiger partial charge in [0.25, 0.3) is 0 Å². The van der Waals surface area contributed by atoms with Gasteiger partial charge in [-0.15, -0.1) is 23.7 Å². The van der Waals surface area contributed by atoms with Crippen molar-refractivity contribution in [2.75, 3.05) is 13.1 Å². The van der Waals surface area contributed by atoms with Gasteiger partial charge in [-0.3, -0.25) is 4.90 Å². The van der Waals surface area contributed by atoms with E-state index >= 15 is 0 Å². The van der Waals surface area contributed by atoms with Crippen LogP contribution in [0.3, 0.4) is 0 Å². The standard InChI is InChI=1S/C12H19N3S.ClH/c1-9-14-10(8-16-9)7-15(11-2-3-11)12-4-5-13-6-12;/h8,11-13H,2-7H2,1H3;1H. The predicted molar refractivity (Wildman–Crippen MR) is 73.9 cm³/mol. The maximum Gasteiger partial charge on any atom is 0.0897 e. The molecular weight excluding hydrogens is 254 g/mol. The summed E-state index contributed by atoms with van der Waals surface area (Å²) in [5.41, 5.74) is 1.27. The van der Waals surface area contributed by atoms with E-state index < -0.39 is 0 Å². The molecule has 1 atom stereocenters. The Bertz CT molecular complexity index is 358. The highest BCUT2D eigenvalue weighted by atomic mass is 35.5. The Morgan fingerprint density at radius 2 is 2.24 bits per heavy atom. The largest absolute Gasteiger partial charge is 0.315 e. The third kappa shape index (κ3) is 3.19. The molecule has 2 heterocycles. The molecule has 2 fully saturated rings. The van der Waals surface area contributed by atoms with Crippen LogP contribution >= 0.6 is 23.7 Å². The number of aromatic nitrogens is 1. The molecule has 0 spiro atoms. The van der Waals surface area contributed by atoms with E-state index in [4.69, 9.17) is 0 Å². The first-order valence-electron chi connectivity index (χ1n) is 6.20. The second-order valence-corrected chi connectivity index (χ2v) is 5.97. The van der Waals surface area contributed by atoms with Crippen LogP contribution in [0.1, 0.15) is 30.0 Å². The van der Waals surface area contributed by atoms with Crippen LogP contribution in [0.2, 0.25) is 0 Å². The monoisotopic (exact) mass is 273 g/mol. The van der Waals surface area contributed by atoms with Gasteiger partial charge >= 0.3 is 0 Å². The second kappa shape index (κ2) is 5.65. The number of rotatable bonds is 4. The summed E-state index contributed by atoms with van der Waals surface area (Å²) < 4.78 is 0. The molecule has 0 aromatic carbocycles. The summed E-state index contributed by atoms with van der Waals surface area (Å²) in [5, 5.41) is 6.87. The van der Waals surface area contributed by atoms with Crippen molar-refractivity contribution >= 4 is 23.7 Å². The van der Waals surface area contributed by atoms with Crippen molar-refractivity contribution in [1.82, 2.24) is 15.2 Å². The Hall–Kier alpha value is -0.160. The first-order chi connectivity index (χ1) is 7.83. The lowest BCUT2D eigenvalue weighted by atomic mass is 10.2. The normalized spacial score (nSPS) is 24.0. The van der Waals surface area contributed by atoms with Crippen molar-refractivity contribution in [3.05, 3.63) is 16.1 Å². The van der Waals surface area contributed by atoms with Gasteiger partial charge in [0, 0.05) is 30.6 Å². The molecule has 17 heavy (non-hydrogen) atoms. The number of hydrogen-bond donors (Lipinski definition) is 1. The van der Waals surface area contributed by atoms with E-state index in [1.807, 2.05) is 0 Å². The highest BCUT2D eigenvalue weighted by Gasteiger charge is 2.35. The molecule has 1 aliphatic carbocycles. The average molecular weight is 274 g/mol. The minimum absolute atomic E-state index is 0. The van der Waals surface area contributed by atoms with Crippen LogP contribution in [0.4, 0.5) is 0 Å². The summed E-state index contributed by atoms with van der Waals surface area (Å²) >= 11 is 1.77. The third-order valence-electron chi connectivity index (χ3n) is 3.53. The van der Waals surface area contributed by atoms with E-state index in [-0.39, 0.29) is 12.4 Å². The van der Waals surface area contributed by atoms with Crippen LogP contribution in [0.15, 0.2) is 5.38 Å². The fourth-order valence-electron chi connectivity index (χ4n) is 2.55. The fraction of sp³-hybridized carbons (Fsp3) is 0.750. The molecule has 1 saturated heterocycles. The molecule has 0 radical (unpaired) electrons. The molecule has 3 rings (SSSR count). The zero-order valence-electron chi connectivity index (χ0n) is 10.2. The summed E-state index contributed by atoms with van der Waals surface area (Å²) in [6, 6.07) is 1.58. The van der Waals surface area contributed by atoms with Crippen LogP contribution in [0, 0.1) is 6.92 Å². The van der Waals surface area contributed by atoms with Crippen molar-refractivity contribution in [3.63, 3.8) is 0 Å². The van der Waals surface area contributed by atoms with E-state index in [1.54, 1.807) is 11.3 Å². The maximum atomic E-state index is 4.59. The van der Waals surface area contributed by atoms with Crippen molar-refractivity contribution in [2.24, 2.45) is 0 Å². The lowest BCUT2D eigenvalue weighted by molar-refractivity contribution is 0.187. The molecule has 96 valence electrons. The topological polar surface area (TPSA) is 28.2 Å². The van der Waals surface area contributed by atoms with Gasteiger partial charge in [0.2, 0.25) is 0 Å². The molecule has 1 aliphatic heterocycles. The molecule has 1 N–H and O–H groups in total. The smallest absolute Gasteiger partial charge is 0.0897 e. The van der Waals surface area contributed by atoms with Gasteiger partial charge in [0.1, 0.15) is 0 Å². The van der Waals surface area contributed by atoms with Gasteiger partial charge in [0.05, 0.1) is 10.7 Å². The lowest BCUT2D eigenvalue weighted by Crippen LogP contribution is -2.38. The van der Waals surface area contributed by atoms with Crippen LogP contribution in [-0.4, -0.2) is 35.1 Å². The fourth-order valence-corrected chi connectivity index (χ4v) is 3.16. The summed E-state index contributed by atoms with van der Waals surface area (Å²) in [6.07, 6.45) is 4.08. The highest BCUT2D eigenvalue weighted by Crippen LogP contribution is 2.31. The zero-order valence-corrected chi connectivity index (χ0v) is 11.8. The molecule has 1 aromatic rings. The number of aryl methyl sites for hydroxylation is 1. The summed E-state index contributed by atoms with van der Waals surface area (Å²) in [5.74, 6) is 0. The Labute approximate surface area is 113 Å². The highest BCUT2D eigenvalue weighted by molar-refractivity contribution is 7.09. The summed E-state index contributed by atoms with van der Waals surface area (Å²) in [6.45, 7) is 5.50. The van der Waals surface area contributed by atoms with Gasteiger partial charge < -0.3 is 5.32 Å². The van der Waals surface area contributed by atoms with Gasteiger partial charge in [-0.25, -0.2) is 4.98 Å². The van der Waals surface area contributed by atoms with E-state index in [1.165, 1.54) is 43.1 Å². The van der Waals surface area contributed by atoms with E-state index in [9.17, 15) is 0 Å².